The molecule has 2 aromatic heterocycles. The van der Waals surface area contributed by atoms with Crippen LogP contribution in [0.3, 0.4) is 0 Å². The fourth-order valence-electron chi connectivity index (χ4n) is 2.73. The highest BCUT2D eigenvalue weighted by Crippen LogP contribution is 2.29. The lowest BCUT2D eigenvalue weighted by Gasteiger charge is -2.03. The second-order valence-corrected chi connectivity index (χ2v) is 5.96. The summed E-state index contributed by atoms with van der Waals surface area (Å²) in [7, 11) is 1.36. The molecular weight excluding hydrogens is 316 g/mol. The van der Waals surface area contributed by atoms with Crippen LogP contribution in [-0.2, 0) is 16.0 Å². The minimum absolute atomic E-state index is 0.0543. The molecule has 0 aliphatic carbocycles. The first kappa shape index (κ1) is 16.8. The number of rotatable bonds is 4. The van der Waals surface area contributed by atoms with Crippen molar-refractivity contribution in [1.82, 2.24) is 9.38 Å². The van der Waals surface area contributed by atoms with E-state index in [9.17, 15) is 4.79 Å². The standard InChI is InChI=1S/C19H20N4O2/c1-12-7-5-8-13(2)17(12)21-22-19-15(11-16(24)25-4)20-18-14(3)9-6-10-23(18)19/h5-10H,11H2,1-4H3. The quantitative estimate of drug-likeness (QED) is 0.524. The number of carbonyl (C=O) groups is 1. The van der Waals surface area contributed by atoms with Gasteiger partial charge in [-0.05, 0) is 43.5 Å². The van der Waals surface area contributed by atoms with E-state index in [0.717, 1.165) is 28.0 Å². The number of carbonyl (C=O) groups excluding carboxylic acids is 1. The highest BCUT2D eigenvalue weighted by Gasteiger charge is 2.17. The molecular formula is C19H20N4O2. The molecule has 0 aliphatic heterocycles. The molecule has 6 heteroatoms. The molecule has 0 bridgehead atoms. The second-order valence-electron chi connectivity index (χ2n) is 5.96. The van der Waals surface area contributed by atoms with Gasteiger partial charge in [-0.2, -0.15) is 0 Å². The van der Waals surface area contributed by atoms with Crippen LogP contribution in [0.5, 0.6) is 0 Å². The van der Waals surface area contributed by atoms with E-state index in [0.29, 0.717) is 11.5 Å². The van der Waals surface area contributed by atoms with Gasteiger partial charge in [0.15, 0.2) is 5.82 Å². The van der Waals surface area contributed by atoms with Crippen LogP contribution < -0.4 is 0 Å². The Bertz CT molecular complexity index is 953. The summed E-state index contributed by atoms with van der Waals surface area (Å²) in [5.41, 5.74) is 5.23. The van der Waals surface area contributed by atoms with Crippen molar-refractivity contribution in [3.8, 4) is 0 Å². The fraction of sp³-hybridized carbons (Fsp3) is 0.263. The van der Waals surface area contributed by atoms with Crippen molar-refractivity contribution in [3.63, 3.8) is 0 Å². The average molecular weight is 336 g/mol. The summed E-state index contributed by atoms with van der Waals surface area (Å²) < 4.78 is 6.63. The van der Waals surface area contributed by atoms with Gasteiger partial charge >= 0.3 is 5.97 Å². The third-order valence-electron chi connectivity index (χ3n) is 4.11. The number of methoxy groups -OCH3 is 1. The first-order chi connectivity index (χ1) is 12.0. The van der Waals surface area contributed by atoms with E-state index < -0.39 is 0 Å². The maximum Gasteiger partial charge on any atom is 0.311 e. The number of esters is 1. The van der Waals surface area contributed by atoms with Crippen LogP contribution in [0.15, 0.2) is 46.8 Å². The summed E-state index contributed by atoms with van der Waals surface area (Å²) in [5.74, 6) is 0.191. The Kier molecular flexibility index (Phi) is 4.61. The van der Waals surface area contributed by atoms with E-state index in [2.05, 4.69) is 15.2 Å². The first-order valence-electron chi connectivity index (χ1n) is 8.02. The molecule has 0 unspecified atom stereocenters. The fourth-order valence-corrected chi connectivity index (χ4v) is 2.73. The zero-order valence-corrected chi connectivity index (χ0v) is 14.8. The lowest BCUT2D eigenvalue weighted by Crippen LogP contribution is -2.04. The highest BCUT2D eigenvalue weighted by atomic mass is 16.5. The largest absolute Gasteiger partial charge is 0.469 e. The van der Waals surface area contributed by atoms with Crippen molar-refractivity contribution in [2.75, 3.05) is 7.11 Å². The molecule has 25 heavy (non-hydrogen) atoms. The van der Waals surface area contributed by atoms with E-state index in [-0.39, 0.29) is 12.4 Å². The molecule has 0 saturated carbocycles. The van der Waals surface area contributed by atoms with Crippen LogP contribution >= 0.6 is 0 Å². The number of pyridine rings is 1. The number of aryl methyl sites for hydroxylation is 3. The SMILES string of the molecule is COC(=O)Cc1nc2c(C)cccn2c1N=Nc1c(C)cccc1C. The molecule has 1 aromatic carbocycles. The topological polar surface area (TPSA) is 68.3 Å². The maximum atomic E-state index is 11.7. The molecule has 0 radical (unpaired) electrons. The van der Waals surface area contributed by atoms with Gasteiger partial charge in [-0.3, -0.25) is 9.20 Å². The van der Waals surface area contributed by atoms with Gasteiger partial charge in [0.1, 0.15) is 5.65 Å². The summed E-state index contributed by atoms with van der Waals surface area (Å²) in [5, 5.41) is 8.87. The Morgan fingerprint density at radius 1 is 1.08 bits per heavy atom. The molecule has 0 amide bonds. The first-order valence-corrected chi connectivity index (χ1v) is 8.02. The van der Waals surface area contributed by atoms with E-state index in [1.54, 1.807) is 0 Å². The molecule has 0 spiro atoms. The molecule has 3 rings (SSSR count). The van der Waals surface area contributed by atoms with Gasteiger partial charge in [0.05, 0.1) is 24.9 Å². The Balaban J connectivity index is 2.13. The lowest BCUT2D eigenvalue weighted by molar-refractivity contribution is -0.139. The maximum absolute atomic E-state index is 11.7. The summed E-state index contributed by atoms with van der Waals surface area (Å²) in [6, 6.07) is 9.87. The minimum Gasteiger partial charge on any atom is -0.469 e. The zero-order valence-electron chi connectivity index (χ0n) is 14.8. The number of aromatic nitrogens is 2. The Morgan fingerprint density at radius 3 is 2.44 bits per heavy atom. The van der Waals surface area contributed by atoms with Crippen molar-refractivity contribution < 1.29 is 9.53 Å². The van der Waals surface area contributed by atoms with Crippen molar-refractivity contribution in [2.24, 2.45) is 10.2 Å². The number of imidazole rings is 1. The normalized spacial score (nSPS) is 11.4. The van der Waals surface area contributed by atoms with Crippen molar-refractivity contribution in [2.45, 2.75) is 27.2 Å². The number of fused-ring (bicyclic) bond motifs is 1. The summed E-state index contributed by atoms with van der Waals surface area (Å²) in [4.78, 5) is 16.3. The van der Waals surface area contributed by atoms with E-state index >= 15 is 0 Å². The number of ether oxygens (including phenoxy) is 1. The number of nitrogens with zero attached hydrogens (tertiary/aromatic N) is 4. The Labute approximate surface area is 146 Å². The zero-order chi connectivity index (χ0) is 18.0. The van der Waals surface area contributed by atoms with Crippen LogP contribution in [0.2, 0.25) is 0 Å². The monoisotopic (exact) mass is 336 g/mol. The number of azo groups is 1. The van der Waals surface area contributed by atoms with Crippen LogP contribution in [0.25, 0.3) is 5.65 Å². The molecule has 0 saturated heterocycles. The molecule has 128 valence electrons. The molecule has 0 atom stereocenters. The second kappa shape index (κ2) is 6.84. The molecule has 3 aromatic rings. The van der Waals surface area contributed by atoms with Gasteiger partial charge in [0.2, 0.25) is 0 Å². The minimum atomic E-state index is -0.357. The summed E-state index contributed by atoms with van der Waals surface area (Å²) >= 11 is 0. The highest BCUT2D eigenvalue weighted by molar-refractivity contribution is 5.74. The predicted molar refractivity (Wildman–Crippen MR) is 95.7 cm³/mol. The van der Waals surface area contributed by atoms with Crippen molar-refractivity contribution >= 4 is 23.1 Å². The molecule has 0 N–H and O–H groups in total. The van der Waals surface area contributed by atoms with E-state index in [4.69, 9.17) is 4.74 Å². The van der Waals surface area contributed by atoms with Gasteiger partial charge in [-0.1, -0.05) is 24.3 Å². The van der Waals surface area contributed by atoms with Crippen LogP contribution in [0.4, 0.5) is 11.5 Å². The Morgan fingerprint density at radius 2 is 1.76 bits per heavy atom. The van der Waals surface area contributed by atoms with E-state index in [1.165, 1.54) is 7.11 Å². The van der Waals surface area contributed by atoms with Gasteiger partial charge in [0.25, 0.3) is 0 Å². The van der Waals surface area contributed by atoms with Gasteiger partial charge in [-0.15, -0.1) is 10.2 Å². The average Bonchev–Trinajstić information content (AvgIpc) is 2.93. The van der Waals surface area contributed by atoms with Gasteiger partial charge in [0, 0.05) is 6.20 Å². The van der Waals surface area contributed by atoms with Crippen LogP contribution in [0.1, 0.15) is 22.4 Å². The summed E-state index contributed by atoms with van der Waals surface area (Å²) in [6.07, 6.45) is 1.92. The third kappa shape index (κ3) is 3.28. The lowest BCUT2D eigenvalue weighted by atomic mass is 10.1. The van der Waals surface area contributed by atoms with Crippen molar-refractivity contribution in [3.05, 3.63) is 58.9 Å². The summed E-state index contributed by atoms with van der Waals surface area (Å²) in [6.45, 7) is 5.96. The van der Waals surface area contributed by atoms with Crippen LogP contribution in [0, 0.1) is 20.8 Å². The Hall–Kier alpha value is -3.02. The molecule has 6 nitrogen and oxygen atoms in total. The van der Waals surface area contributed by atoms with E-state index in [1.807, 2.05) is 61.7 Å². The number of benzene rings is 1. The number of hydrogen-bond donors (Lipinski definition) is 0. The van der Waals surface area contributed by atoms with Gasteiger partial charge < -0.3 is 4.74 Å². The molecule has 0 aliphatic rings. The van der Waals surface area contributed by atoms with Crippen LogP contribution in [-0.4, -0.2) is 22.5 Å². The van der Waals surface area contributed by atoms with Crippen molar-refractivity contribution in [1.29, 1.82) is 0 Å². The molecule has 2 heterocycles. The predicted octanol–water partition coefficient (Wildman–Crippen LogP) is 4.39. The molecule has 0 fully saturated rings. The third-order valence-corrected chi connectivity index (χ3v) is 4.11. The van der Waals surface area contributed by atoms with Gasteiger partial charge in [-0.25, -0.2) is 4.98 Å². The smallest absolute Gasteiger partial charge is 0.311 e. The number of hydrogen-bond acceptors (Lipinski definition) is 5.